The van der Waals surface area contributed by atoms with E-state index in [9.17, 15) is 0 Å². The average molecular weight is 401 g/mol. The second-order valence-electron chi connectivity index (χ2n) is 7.39. The van der Waals surface area contributed by atoms with Crippen LogP contribution in [0, 0.1) is 0 Å². The van der Waals surface area contributed by atoms with Crippen molar-refractivity contribution < 1.29 is 9.47 Å². The number of hydrogen-bond donors (Lipinski definition) is 0. The summed E-state index contributed by atoms with van der Waals surface area (Å²) in [6.45, 7) is 2.97. The topological polar surface area (TPSA) is 36.3 Å². The summed E-state index contributed by atoms with van der Waals surface area (Å²) >= 11 is 0. The third-order valence-corrected chi connectivity index (χ3v) is 5.26. The van der Waals surface area contributed by atoms with Crippen molar-refractivity contribution in [3.63, 3.8) is 0 Å². The highest BCUT2D eigenvalue weighted by molar-refractivity contribution is 5.84. The Hall–Kier alpha value is -3.27. The van der Waals surface area contributed by atoms with Crippen LogP contribution in [0.15, 0.2) is 72.8 Å². The number of benzene rings is 3. The van der Waals surface area contributed by atoms with Crippen LogP contribution >= 0.6 is 0 Å². The average Bonchev–Trinajstić information content (AvgIpc) is 3.18. The Labute approximate surface area is 178 Å². The summed E-state index contributed by atoms with van der Waals surface area (Å²) in [6.07, 6.45) is 4.78. The molecular formula is C26H28N2O2. The Bertz CT molecular complexity index is 1090. The number of unbranched alkanes of at least 4 members (excludes halogenated alkanes) is 3. The summed E-state index contributed by atoms with van der Waals surface area (Å²) in [5, 5.41) is 0. The molecule has 1 aromatic heterocycles. The van der Waals surface area contributed by atoms with Gasteiger partial charge in [-0.2, -0.15) is 0 Å². The van der Waals surface area contributed by atoms with Crippen molar-refractivity contribution >= 4 is 11.0 Å². The molecule has 0 aliphatic heterocycles. The smallest absolute Gasteiger partial charge is 0.145 e. The first-order chi connectivity index (χ1) is 14.8. The lowest BCUT2D eigenvalue weighted by atomic mass is 10.2. The molecule has 0 atom stereocenters. The van der Waals surface area contributed by atoms with Crippen LogP contribution in [0.1, 0.15) is 32.6 Å². The van der Waals surface area contributed by atoms with E-state index in [0.29, 0.717) is 0 Å². The minimum atomic E-state index is 0.744. The Morgan fingerprint density at radius 1 is 0.833 bits per heavy atom. The normalized spacial score (nSPS) is 11.0. The number of fused-ring (bicyclic) bond motifs is 1. The number of aromatic nitrogens is 2. The molecule has 4 nitrogen and oxygen atoms in total. The van der Waals surface area contributed by atoms with Crippen molar-refractivity contribution in [3.8, 4) is 28.6 Å². The van der Waals surface area contributed by atoms with Gasteiger partial charge in [-0.15, -0.1) is 0 Å². The molecule has 4 aromatic rings. The Kier molecular flexibility index (Phi) is 6.33. The van der Waals surface area contributed by atoms with Gasteiger partial charge in [0, 0.05) is 17.3 Å². The van der Waals surface area contributed by atoms with E-state index in [1.54, 1.807) is 7.11 Å². The van der Waals surface area contributed by atoms with E-state index in [-0.39, 0.29) is 0 Å². The van der Waals surface area contributed by atoms with E-state index in [0.717, 1.165) is 52.6 Å². The molecule has 0 amide bonds. The first-order valence-corrected chi connectivity index (χ1v) is 10.7. The molecule has 0 bridgehead atoms. The lowest BCUT2D eigenvalue weighted by molar-refractivity contribution is 0.305. The van der Waals surface area contributed by atoms with E-state index < -0.39 is 0 Å². The lowest BCUT2D eigenvalue weighted by Gasteiger charge is -2.11. The first-order valence-electron chi connectivity index (χ1n) is 10.7. The van der Waals surface area contributed by atoms with E-state index in [2.05, 4.69) is 41.8 Å². The predicted molar refractivity (Wildman–Crippen MR) is 123 cm³/mol. The number of hydrogen-bond acceptors (Lipinski definition) is 3. The second kappa shape index (κ2) is 9.49. The summed E-state index contributed by atoms with van der Waals surface area (Å²) < 4.78 is 13.6. The molecule has 30 heavy (non-hydrogen) atoms. The van der Waals surface area contributed by atoms with Crippen LogP contribution in [0.3, 0.4) is 0 Å². The van der Waals surface area contributed by atoms with Gasteiger partial charge in [0.1, 0.15) is 17.3 Å². The molecule has 0 saturated heterocycles. The fourth-order valence-electron chi connectivity index (χ4n) is 3.64. The molecule has 0 aliphatic carbocycles. The van der Waals surface area contributed by atoms with Crippen LogP contribution in [0.4, 0.5) is 0 Å². The van der Waals surface area contributed by atoms with Crippen LogP contribution in [-0.4, -0.2) is 23.3 Å². The molecule has 0 spiro atoms. The molecule has 0 fully saturated rings. The van der Waals surface area contributed by atoms with Gasteiger partial charge < -0.3 is 9.47 Å². The Morgan fingerprint density at radius 3 is 2.33 bits per heavy atom. The predicted octanol–water partition coefficient (Wildman–Crippen LogP) is 6.66. The van der Waals surface area contributed by atoms with Gasteiger partial charge in [-0.1, -0.05) is 56.5 Å². The Balaban J connectivity index is 1.74. The van der Waals surface area contributed by atoms with Crippen molar-refractivity contribution in [2.24, 2.45) is 0 Å². The molecular weight excluding hydrogens is 372 g/mol. The maximum atomic E-state index is 6.04. The van der Waals surface area contributed by atoms with Crippen LogP contribution in [-0.2, 0) is 0 Å². The summed E-state index contributed by atoms with van der Waals surface area (Å²) in [4.78, 5) is 4.94. The SMILES string of the molecule is CCCCCCOc1ccc2nc(-c3ccccc3)n(-c3ccc(OC)cc3)c2c1. The third kappa shape index (κ3) is 4.33. The second-order valence-corrected chi connectivity index (χ2v) is 7.39. The summed E-state index contributed by atoms with van der Waals surface area (Å²) in [5.41, 5.74) is 4.09. The van der Waals surface area contributed by atoms with Crippen LogP contribution < -0.4 is 9.47 Å². The van der Waals surface area contributed by atoms with Gasteiger partial charge in [0.05, 0.1) is 24.8 Å². The maximum absolute atomic E-state index is 6.04. The first kappa shape index (κ1) is 20.0. The molecule has 0 aliphatic rings. The molecule has 0 N–H and O–H groups in total. The van der Waals surface area contributed by atoms with Gasteiger partial charge in [-0.3, -0.25) is 4.57 Å². The lowest BCUT2D eigenvalue weighted by Crippen LogP contribution is -1.99. The fraction of sp³-hybridized carbons (Fsp3) is 0.269. The quantitative estimate of drug-likeness (QED) is 0.295. The van der Waals surface area contributed by atoms with Crippen molar-refractivity contribution in [2.45, 2.75) is 32.6 Å². The van der Waals surface area contributed by atoms with Gasteiger partial charge in [-0.05, 0) is 42.8 Å². The van der Waals surface area contributed by atoms with E-state index in [1.807, 2.05) is 42.5 Å². The van der Waals surface area contributed by atoms with Gasteiger partial charge in [0.25, 0.3) is 0 Å². The van der Waals surface area contributed by atoms with E-state index in [1.165, 1.54) is 19.3 Å². The van der Waals surface area contributed by atoms with Gasteiger partial charge in [-0.25, -0.2) is 4.98 Å². The number of methoxy groups -OCH3 is 1. The maximum Gasteiger partial charge on any atom is 0.145 e. The number of rotatable bonds is 9. The van der Waals surface area contributed by atoms with Crippen LogP contribution in [0.5, 0.6) is 11.5 Å². The molecule has 0 saturated carbocycles. The van der Waals surface area contributed by atoms with Crippen molar-refractivity contribution in [3.05, 3.63) is 72.8 Å². The summed E-state index contributed by atoms with van der Waals surface area (Å²) in [7, 11) is 1.68. The molecule has 0 radical (unpaired) electrons. The number of nitrogens with zero attached hydrogens (tertiary/aromatic N) is 2. The molecule has 3 aromatic carbocycles. The van der Waals surface area contributed by atoms with Crippen molar-refractivity contribution in [1.82, 2.24) is 9.55 Å². The minimum absolute atomic E-state index is 0.744. The highest BCUT2D eigenvalue weighted by Crippen LogP contribution is 2.31. The zero-order chi connectivity index (χ0) is 20.8. The van der Waals surface area contributed by atoms with Crippen molar-refractivity contribution in [1.29, 1.82) is 0 Å². The van der Waals surface area contributed by atoms with Gasteiger partial charge in [0.2, 0.25) is 0 Å². The van der Waals surface area contributed by atoms with Gasteiger partial charge in [0.15, 0.2) is 0 Å². The van der Waals surface area contributed by atoms with Crippen molar-refractivity contribution in [2.75, 3.05) is 13.7 Å². The fourth-order valence-corrected chi connectivity index (χ4v) is 3.64. The Morgan fingerprint density at radius 2 is 1.60 bits per heavy atom. The number of imidazole rings is 1. The zero-order valence-electron chi connectivity index (χ0n) is 17.7. The zero-order valence-corrected chi connectivity index (χ0v) is 17.7. The molecule has 0 unspecified atom stereocenters. The van der Waals surface area contributed by atoms with Gasteiger partial charge >= 0.3 is 0 Å². The monoisotopic (exact) mass is 400 g/mol. The highest BCUT2D eigenvalue weighted by atomic mass is 16.5. The van der Waals surface area contributed by atoms with Crippen LogP contribution in [0.25, 0.3) is 28.1 Å². The third-order valence-electron chi connectivity index (χ3n) is 5.26. The molecule has 4 rings (SSSR count). The van der Waals surface area contributed by atoms with Crippen LogP contribution in [0.2, 0.25) is 0 Å². The van der Waals surface area contributed by atoms with E-state index in [4.69, 9.17) is 14.5 Å². The molecule has 154 valence electrons. The van der Waals surface area contributed by atoms with E-state index >= 15 is 0 Å². The number of ether oxygens (including phenoxy) is 2. The summed E-state index contributed by atoms with van der Waals surface area (Å²) in [6, 6.07) is 24.5. The minimum Gasteiger partial charge on any atom is -0.497 e. The molecule has 4 heteroatoms. The highest BCUT2D eigenvalue weighted by Gasteiger charge is 2.15. The molecule has 1 heterocycles. The summed E-state index contributed by atoms with van der Waals surface area (Å²) in [5.74, 6) is 2.63. The largest absolute Gasteiger partial charge is 0.497 e. The standard InChI is InChI=1S/C26H28N2O2/c1-3-4-5-9-18-30-23-16-17-24-25(19-23)28(21-12-14-22(29-2)15-13-21)26(27-24)20-10-7-6-8-11-20/h6-8,10-17,19H,3-5,9,18H2,1-2H3.